The van der Waals surface area contributed by atoms with Crippen LogP contribution >= 0.6 is 0 Å². The summed E-state index contributed by atoms with van der Waals surface area (Å²) in [5.41, 5.74) is 1.03. The molecular weight excluding hydrogens is 483 g/mol. The lowest BCUT2D eigenvalue weighted by molar-refractivity contribution is 0.382. The van der Waals surface area contributed by atoms with Gasteiger partial charge in [0.05, 0.1) is 30.9 Å². The average Bonchev–Trinajstić information content (AvgIpc) is 2.84. The molecule has 1 aliphatic heterocycles. The minimum absolute atomic E-state index is 0.122. The van der Waals surface area contributed by atoms with Crippen molar-refractivity contribution in [3.8, 4) is 5.88 Å². The molecule has 8 nitrogen and oxygen atoms in total. The second-order valence-electron chi connectivity index (χ2n) is 7.18. The molecule has 0 spiro atoms. The minimum Gasteiger partial charge on any atom is -0.480 e. The van der Waals surface area contributed by atoms with Crippen molar-refractivity contribution in [2.75, 3.05) is 18.9 Å². The standard InChI is InChI=1S/C23H22F3N5O3S/c1-13(14(2)30-12-27-3)18-7-5-15(10-28-18)21-17(25)6-8-19(22(21)26)31-35(32,33)20-9-16(24)11-29-23(20)34-4/h5-12,28,31H,2H2,1,3-4H3,(H,27,30)/b18-13+. The molecule has 0 amide bonds. The fraction of sp³-hybridized carbons (Fsp3) is 0.130. The van der Waals surface area contributed by atoms with Crippen LogP contribution in [0.2, 0.25) is 0 Å². The van der Waals surface area contributed by atoms with Crippen molar-refractivity contribution in [2.24, 2.45) is 4.99 Å². The summed E-state index contributed by atoms with van der Waals surface area (Å²) in [6.07, 6.45) is 6.68. The lowest BCUT2D eigenvalue weighted by atomic mass is 10.0. The monoisotopic (exact) mass is 505 g/mol. The van der Waals surface area contributed by atoms with Crippen molar-refractivity contribution in [2.45, 2.75) is 11.8 Å². The van der Waals surface area contributed by atoms with E-state index in [1.165, 1.54) is 18.6 Å². The number of aromatic nitrogens is 1. The van der Waals surface area contributed by atoms with Crippen LogP contribution in [-0.2, 0) is 10.0 Å². The molecule has 0 fully saturated rings. The Morgan fingerprint density at radius 1 is 1.26 bits per heavy atom. The molecule has 3 N–H and O–H groups in total. The van der Waals surface area contributed by atoms with Gasteiger partial charge in [0.2, 0.25) is 5.88 Å². The highest BCUT2D eigenvalue weighted by Crippen LogP contribution is 2.32. The van der Waals surface area contributed by atoms with Gasteiger partial charge < -0.3 is 15.4 Å². The number of methoxy groups -OCH3 is 1. The lowest BCUT2D eigenvalue weighted by Gasteiger charge is -2.18. The van der Waals surface area contributed by atoms with E-state index in [1.54, 1.807) is 20.0 Å². The van der Waals surface area contributed by atoms with Crippen molar-refractivity contribution < 1.29 is 26.3 Å². The summed E-state index contributed by atoms with van der Waals surface area (Å²) >= 11 is 0. The smallest absolute Gasteiger partial charge is 0.267 e. The Labute approximate surface area is 200 Å². The third-order valence-electron chi connectivity index (χ3n) is 4.93. The van der Waals surface area contributed by atoms with Gasteiger partial charge in [0.25, 0.3) is 10.0 Å². The molecule has 2 aromatic rings. The van der Waals surface area contributed by atoms with Gasteiger partial charge in [-0.1, -0.05) is 12.7 Å². The number of dihydropyridines is 1. The summed E-state index contributed by atoms with van der Waals surface area (Å²) < 4.78 is 76.0. The molecule has 0 saturated heterocycles. The molecule has 0 atom stereocenters. The predicted octanol–water partition coefficient (Wildman–Crippen LogP) is 3.84. The largest absolute Gasteiger partial charge is 0.480 e. The van der Waals surface area contributed by atoms with Crippen LogP contribution < -0.4 is 20.1 Å². The van der Waals surface area contributed by atoms with Gasteiger partial charge in [0.1, 0.15) is 11.6 Å². The van der Waals surface area contributed by atoms with E-state index in [0.29, 0.717) is 17.5 Å². The first-order valence-corrected chi connectivity index (χ1v) is 11.5. The maximum atomic E-state index is 15.3. The number of halogens is 3. The van der Waals surface area contributed by atoms with E-state index in [-0.39, 0.29) is 11.5 Å². The van der Waals surface area contributed by atoms with E-state index in [9.17, 15) is 17.2 Å². The zero-order chi connectivity index (χ0) is 25.8. The van der Waals surface area contributed by atoms with Crippen molar-refractivity contribution >= 4 is 27.6 Å². The summed E-state index contributed by atoms with van der Waals surface area (Å²) in [7, 11) is -1.78. The maximum absolute atomic E-state index is 15.3. The summed E-state index contributed by atoms with van der Waals surface area (Å²) in [6.45, 7) is 5.67. The number of nitrogens with one attached hydrogen (secondary N) is 3. The Bertz CT molecular complexity index is 1400. The van der Waals surface area contributed by atoms with Gasteiger partial charge in [-0.05, 0) is 30.7 Å². The molecule has 0 radical (unpaired) electrons. The van der Waals surface area contributed by atoms with Gasteiger partial charge in [0.15, 0.2) is 10.7 Å². The van der Waals surface area contributed by atoms with E-state index < -0.39 is 43.6 Å². The van der Waals surface area contributed by atoms with Gasteiger partial charge in [-0.3, -0.25) is 9.71 Å². The van der Waals surface area contributed by atoms with Crippen molar-refractivity contribution in [3.63, 3.8) is 0 Å². The van der Waals surface area contributed by atoms with E-state index >= 15 is 4.39 Å². The van der Waals surface area contributed by atoms with Gasteiger partial charge in [-0.25, -0.2) is 26.6 Å². The third-order valence-corrected chi connectivity index (χ3v) is 6.29. The number of aliphatic imine (C=N–C) groups is 1. The Hall–Kier alpha value is -4.06. The summed E-state index contributed by atoms with van der Waals surface area (Å²) in [4.78, 5) is 6.73. The molecule has 184 valence electrons. The molecule has 0 saturated carbocycles. The molecule has 3 rings (SSSR count). The van der Waals surface area contributed by atoms with Crippen molar-refractivity contribution in [1.82, 2.24) is 15.6 Å². The SMILES string of the molecule is C=C(NC=NC)/C(C)=C1\C=CC(c2c(F)ccc(NS(=O)(=O)c3cc(F)cnc3OC)c2F)=CN1. The number of allylic oxidation sites excluding steroid dienone is 4. The Balaban J connectivity index is 1.94. The Kier molecular flexibility index (Phi) is 7.65. The van der Waals surface area contributed by atoms with Crippen LogP contribution in [0.5, 0.6) is 5.88 Å². The van der Waals surface area contributed by atoms with Crippen molar-refractivity contribution in [1.29, 1.82) is 0 Å². The normalized spacial score (nSPS) is 14.9. The second kappa shape index (κ2) is 10.5. The van der Waals surface area contributed by atoms with Crippen LogP contribution in [0.3, 0.4) is 0 Å². The number of hydrogen-bond acceptors (Lipinski definition) is 6. The van der Waals surface area contributed by atoms with Crippen molar-refractivity contribution in [3.05, 3.63) is 89.3 Å². The summed E-state index contributed by atoms with van der Waals surface area (Å²) in [5.74, 6) is -3.40. The van der Waals surface area contributed by atoms with E-state index in [2.05, 4.69) is 27.2 Å². The van der Waals surface area contributed by atoms with Crippen LogP contribution in [0.15, 0.2) is 76.2 Å². The average molecular weight is 506 g/mol. The highest BCUT2D eigenvalue weighted by Gasteiger charge is 2.25. The highest BCUT2D eigenvalue weighted by atomic mass is 32.2. The van der Waals surface area contributed by atoms with E-state index in [4.69, 9.17) is 4.74 Å². The van der Waals surface area contributed by atoms with E-state index in [0.717, 1.165) is 31.0 Å². The van der Waals surface area contributed by atoms with Crippen LogP contribution in [-0.4, -0.2) is 33.9 Å². The Morgan fingerprint density at radius 3 is 2.63 bits per heavy atom. The first kappa shape index (κ1) is 25.6. The number of hydrogen-bond donors (Lipinski definition) is 3. The maximum Gasteiger partial charge on any atom is 0.267 e. The molecule has 35 heavy (non-hydrogen) atoms. The molecule has 1 aromatic heterocycles. The first-order chi connectivity index (χ1) is 16.6. The van der Waals surface area contributed by atoms with Crippen LogP contribution in [0.1, 0.15) is 12.5 Å². The summed E-state index contributed by atoms with van der Waals surface area (Å²) in [6, 6.07) is 2.52. The number of benzene rings is 1. The zero-order valence-corrected chi connectivity index (χ0v) is 19.8. The molecular formula is C23H22F3N5O3S. The fourth-order valence-electron chi connectivity index (χ4n) is 3.08. The molecule has 2 heterocycles. The Morgan fingerprint density at radius 2 is 2.00 bits per heavy atom. The lowest BCUT2D eigenvalue weighted by Crippen LogP contribution is -2.18. The molecule has 1 aromatic carbocycles. The topological polar surface area (TPSA) is 105 Å². The van der Waals surface area contributed by atoms with E-state index in [1.807, 2.05) is 4.72 Å². The van der Waals surface area contributed by atoms with Crippen LogP contribution in [0.4, 0.5) is 18.9 Å². The number of anilines is 1. The van der Waals surface area contributed by atoms with Gasteiger partial charge in [-0.15, -0.1) is 0 Å². The third kappa shape index (κ3) is 5.54. The van der Waals surface area contributed by atoms with Crippen LogP contribution in [0, 0.1) is 17.5 Å². The quantitative estimate of drug-likeness (QED) is 0.372. The minimum atomic E-state index is -4.53. The highest BCUT2D eigenvalue weighted by molar-refractivity contribution is 7.92. The summed E-state index contributed by atoms with van der Waals surface area (Å²) in [5, 5.41) is 5.83. The number of ether oxygens (including phenoxy) is 1. The van der Waals surface area contributed by atoms with Crippen LogP contribution in [0.25, 0.3) is 5.57 Å². The number of pyridine rings is 1. The second-order valence-corrected chi connectivity index (χ2v) is 8.83. The molecule has 12 heteroatoms. The van der Waals surface area contributed by atoms with Gasteiger partial charge >= 0.3 is 0 Å². The fourth-order valence-corrected chi connectivity index (χ4v) is 4.27. The molecule has 0 unspecified atom stereocenters. The zero-order valence-electron chi connectivity index (χ0n) is 19.0. The molecule has 1 aliphatic rings. The predicted molar refractivity (Wildman–Crippen MR) is 128 cm³/mol. The molecule has 0 bridgehead atoms. The number of rotatable bonds is 8. The number of sulfonamides is 1. The number of nitrogens with zero attached hydrogens (tertiary/aromatic N) is 2. The van der Waals surface area contributed by atoms with Gasteiger partial charge in [-0.2, -0.15) is 0 Å². The first-order valence-electron chi connectivity index (χ1n) is 10.0. The van der Waals surface area contributed by atoms with Gasteiger partial charge in [0, 0.05) is 36.3 Å². The molecule has 0 aliphatic carbocycles.